The number of fused-ring (bicyclic) bond motifs is 6. The number of thiazole rings is 1. The number of rotatable bonds is 9. The van der Waals surface area contributed by atoms with Crippen molar-refractivity contribution in [1.29, 1.82) is 0 Å². The van der Waals surface area contributed by atoms with E-state index in [4.69, 9.17) is 19.4 Å². The van der Waals surface area contributed by atoms with Gasteiger partial charge in [0.15, 0.2) is 0 Å². The second kappa shape index (κ2) is 20.0. The molecular formula is C49H66N10O7S. The topological polar surface area (TPSA) is 193 Å². The predicted molar refractivity (Wildman–Crippen MR) is 256 cm³/mol. The molecule has 3 saturated heterocycles. The molecular weight excluding hydrogens is 873 g/mol. The van der Waals surface area contributed by atoms with Gasteiger partial charge >= 0.3 is 12.0 Å². The summed E-state index contributed by atoms with van der Waals surface area (Å²) in [6.45, 7) is 15.7. The van der Waals surface area contributed by atoms with Crippen molar-refractivity contribution in [2.45, 2.75) is 110 Å². The van der Waals surface area contributed by atoms with E-state index in [9.17, 15) is 24.0 Å². The van der Waals surface area contributed by atoms with Gasteiger partial charge in [-0.25, -0.2) is 15.2 Å². The Morgan fingerprint density at radius 1 is 1.06 bits per heavy atom. The second-order valence-electron chi connectivity index (χ2n) is 19.5. The van der Waals surface area contributed by atoms with E-state index in [0.717, 1.165) is 44.7 Å². The van der Waals surface area contributed by atoms with E-state index in [2.05, 4.69) is 65.7 Å². The summed E-state index contributed by atoms with van der Waals surface area (Å²) in [5.41, 5.74) is 9.29. The van der Waals surface area contributed by atoms with E-state index >= 15 is 0 Å². The number of ether oxygens (including phenoxy) is 2. The van der Waals surface area contributed by atoms with Crippen molar-refractivity contribution < 1.29 is 33.4 Å². The van der Waals surface area contributed by atoms with Crippen LogP contribution in [0, 0.1) is 11.3 Å². The molecule has 18 heteroatoms. The molecule has 3 fully saturated rings. The molecule has 0 spiro atoms. The summed E-state index contributed by atoms with van der Waals surface area (Å²) < 4.78 is 14.3. The molecule has 17 nitrogen and oxygen atoms in total. The third kappa shape index (κ3) is 10.2. The van der Waals surface area contributed by atoms with Crippen LogP contribution in [0.5, 0.6) is 0 Å². The minimum Gasteiger partial charge on any atom is -0.464 e. The fourth-order valence-electron chi connectivity index (χ4n) is 9.87. The standard InChI is InChI=1S/C49H66N10O7S/c1-9-58-39-16-15-31-23-33(39)34(43(58)32-13-10-17-50-41(32)30(4)65-8)25-49(5,6)28-66-47(63)35-14-11-20-59(54-35)46(62)36(24-40-52-38(31)27-67-40)53-44(60)42(29(2)3)55(7)48(64)57-19-12-18-56(21-22-57)45(61)37-26-51-37/h10,13,15-17,23,27,29-30,35-37,42,51,54H,9,11-12,14,18-22,24-26,28H2,1-8H3,(H,53,60)/t30-,35-,36-,37-,42-/m0/s1. The monoisotopic (exact) mass is 938 g/mol. The maximum absolute atomic E-state index is 14.7. The Kier molecular flexibility index (Phi) is 14.4. The van der Waals surface area contributed by atoms with E-state index in [0.29, 0.717) is 76.5 Å². The highest BCUT2D eigenvalue weighted by Crippen LogP contribution is 2.42. The van der Waals surface area contributed by atoms with E-state index in [1.54, 1.807) is 30.2 Å². The number of carbonyl (C=O) groups excluding carboxylic acids is 5. The lowest BCUT2D eigenvalue weighted by Crippen LogP contribution is -2.62. The van der Waals surface area contributed by atoms with Gasteiger partial charge < -0.3 is 39.4 Å². The molecule has 67 heavy (non-hydrogen) atoms. The number of hydrogen-bond donors (Lipinski definition) is 3. The van der Waals surface area contributed by atoms with Crippen molar-refractivity contribution >= 4 is 52.0 Å². The quantitative estimate of drug-likeness (QED) is 0.155. The summed E-state index contributed by atoms with van der Waals surface area (Å²) in [5.74, 6) is -1.60. The van der Waals surface area contributed by atoms with Gasteiger partial charge in [-0.2, -0.15) is 0 Å². The van der Waals surface area contributed by atoms with Crippen LogP contribution in [0.1, 0.15) is 83.2 Å². The van der Waals surface area contributed by atoms with Gasteiger partial charge in [-0.3, -0.25) is 29.2 Å². The molecule has 3 aromatic heterocycles. The number of urea groups is 1. The highest BCUT2D eigenvalue weighted by atomic mass is 32.1. The largest absolute Gasteiger partial charge is 0.464 e. The first-order valence-corrected chi connectivity index (χ1v) is 24.6. The minimum absolute atomic E-state index is 0.0544. The molecule has 0 aliphatic carbocycles. The normalized spacial score (nSPS) is 22.2. The maximum atomic E-state index is 14.7. The molecule has 6 bridgehead atoms. The zero-order chi connectivity index (χ0) is 47.7. The zero-order valence-corrected chi connectivity index (χ0v) is 40.9. The molecule has 1 aromatic carbocycles. The first kappa shape index (κ1) is 48.0. The van der Waals surface area contributed by atoms with Gasteiger partial charge in [-0.05, 0) is 75.3 Å². The molecule has 3 N–H and O–H groups in total. The summed E-state index contributed by atoms with van der Waals surface area (Å²) in [5, 5.41) is 11.2. The Morgan fingerprint density at radius 2 is 1.82 bits per heavy atom. The second-order valence-corrected chi connectivity index (χ2v) is 20.4. The average molecular weight is 939 g/mol. The number of benzene rings is 1. The zero-order valence-electron chi connectivity index (χ0n) is 40.1. The number of hydrazine groups is 1. The lowest BCUT2D eigenvalue weighted by molar-refractivity contribution is -0.155. The smallest absolute Gasteiger partial charge is 0.324 e. The number of methoxy groups -OCH3 is 1. The Hall–Kier alpha value is -5.43. The van der Waals surface area contributed by atoms with Crippen molar-refractivity contribution in [3.8, 4) is 22.5 Å². The van der Waals surface area contributed by atoms with Crippen molar-refractivity contribution in [2.24, 2.45) is 11.3 Å². The fourth-order valence-corrected chi connectivity index (χ4v) is 10.7. The van der Waals surface area contributed by atoms with Gasteiger partial charge in [0, 0.05) is 105 Å². The Bertz CT molecular complexity index is 2500. The van der Waals surface area contributed by atoms with Crippen LogP contribution in [-0.2, 0) is 48.0 Å². The molecule has 5 atom stereocenters. The lowest BCUT2D eigenvalue weighted by atomic mass is 9.84. The van der Waals surface area contributed by atoms with Crippen molar-refractivity contribution in [3.63, 3.8) is 0 Å². The molecule has 4 aliphatic heterocycles. The van der Waals surface area contributed by atoms with E-state index in [1.165, 1.54) is 21.2 Å². The Labute approximate surface area is 396 Å². The number of cyclic esters (lactones) is 1. The molecule has 4 aromatic rings. The summed E-state index contributed by atoms with van der Waals surface area (Å²) >= 11 is 1.41. The third-order valence-electron chi connectivity index (χ3n) is 13.6. The lowest BCUT2D eigenvalue weighted by Gasteiger charge is -2.37. The molecule has 0 radical (unpaired) electrons. The van der Waals surface area contributed by atoms with Gasteiger partial charge in [0.25, 0.3) is 5.91 Å². The van der Waals surface area contributed by atoms with Crippen molar-refractivity contribution in [3.05, 3.63) is 58.2 Å². The number of carbonyl (C=O) groups is 5. The van der Waals surface area contributed by atoms with Gasteiger partial charge in [-0.15, -0.1) is 11.3 Å². The number of amides is 5. The number of aryl methyl sites for hydroxylation is 1. The molecule has 0 saturated carbocycles. The van der Waals surface area contributed by atoms with Crippen molar-refractivity contribution in [2.75, 3.05) is 60.0 Å². The Morgan fingerprint density at radius 3 is 2.55 bits per heavy atom. The molecule has 0 unspecified atom stereocenters. The van der Waals surface area contributed by atoms with Crippen LogP contribution < -0.4 is 16.1 Å². The number of likely N-dealkylation sites (N-methyl/N-ethyl adjacent to an activating group) is 1. The Balaban J connectivity index is 1.13. The number of esters is 1. The van der Waals surface area contributed by atoms with Crippen molar-refractivity contribution in [1.82, 2.24) is 50.3 Å². The summed E-state index contributed by atoms with van der Waals surface area (Å²) in [4.78, 5) is 84.9. The number of hydrogen-bond acceptors (Lipinski definition) is 12. The van der Waals surface area contributed by atoms with Gasteiger partial charge in [0.05, 0.1) is 40.8 Å². The first-order chi connectivity index (χ1) is 32.1. The fraction of sp³-hybridized carbons (Fsp3) is 0.571. The number of nitrogens with one attached hydrogen (secondary N) is 3. The minimum atomic E-state index is -1.08. The molecule has 4 aliphatic rings. The van der Waals surface area contributed by atoms with Crippen LogP contribution in [-0.4, -0.2) is 148 Å². The highest BCUT2D eigenvalue weighted by molar-refractivity contribution is 7.10. The van der Waals surface area contributed by atoms with Gasteiger partial charge in [0.2, 0.25) is 11.8 Å². The van der Waals surface area contributed by atoms with Crippen LogP contribution in [0.25, 0.3) is 33.4 Å². The predicted octanol–water partition coefficient (Wildman–Crippen LogP) is 4.79. The summed E-state index contributed by atoms with van der Waals surface area (Å²) in [6.07, 6.45) is 3.83. The van der Waals surface area contributed by atoms with Crippen LogP contribution >= 0.6 is 11.3 Å². The summed E-state index contributed by atoms with van der Waals surface area (Å²) in [7, 11) is 3.30. The van der Waals surface area contributed by atoms with Crippen LogP contribution in [0.2, 0.25) is 0 Å². The summed E-state index contributed by atoms with van der Waals surface area (Å²) in [6, 6.07) is 7.18. The van der Waals surface area contributed by atoms with Gasteiger partial charge in [-0.1, -0.05) is 33.8 Å². The molecule has 360 valence electrons. The van der Waals surface area contributed by atoms with Crippen LogP contribution in [0.4, 0.5) is 4.79 Å². The number of nitrogens with zero attached hydrogens (tertiary/aromatic N) is 7. The third-order valence-corrected chi connectivity index (χ3v) is 14.4. The van der Waals surface area contributed by atoms with E-state index < -0.39 is 41.3 Å². The number of pyridine rings is 1. The highest BCUT2D eigenvalue weighted by Gasteiger charge is 2.40. The van der Waals surface area contributed by atoms with E-state index in [-0.39, 0.29) is 43.0 Å². The van der Waals surface area contributed by atoms with Crippen LogP contribution in [0.15, 0.2) is 41.9 Å². The average Bonchev–Trinajstić information content (AvgIpc) is 4.06. The van der Waals surface area contributed by atoms with E-state index in [1.807, 2.05) is 32.2 Å². The maximum Gasteiger partial charge on any atom is 0.324 e. The molecule has 5 amide bonds. The van der Waals surface area contributed by atoms with Gasteiger partial charge in [0.1, 0.15) is 18.1 Å². The molecule has 7 heterocycles. The number of aromatic nitrogens is 3. The van der Waals surface area contributed by atoms with Crippen LogP contribution in [0.3, 0.4) is 0 Å². The first-order valence-electron chi connectivity index (χ1n) is 23.8. The molecule has 8 rings (SSSR count). The SMILES string of the molecule is CCn1c(-c2cccnc2[C@H](C)OC)c2c3cc(ccc31)-c1csc(n1)C[C@H](NC(=O)[C@H](C(C)C)N(C)C(=O)N1CCCN(C(=O)[C@@H]3CN3)CC1)C(=O)N1CCC[C@H](N1)C(=O)OCC(C)(C)C2.